The van der Waals surface area contributed by atoms with Gasteiger partial charge in [0.15, 0.2) is 11.9 Å². The van der Waals surface area contributed by atoms with Gasteiger partial charge in [0, 0.05) is 0 Å². The fraction of sp³-hybridized carbons (Fsp3) is 0.300. The van der Waals surface area contributed by atoms with E-state index in [1.54, 1.807) is 0 Å². The molecular weight excluding hydrogens is 216 g/mol. The van der Waals surface area contributed by atoms with Crippen LogP contribution in [0.2, 0.25) is 0 Å². The quantitative estimate of drug-likeness (QED) is 0.738. The molecule has 1 aromatic heterocycles. The van der Waals surface area contributed by atoms with Gasteiger partial charge in [0.2, 0.25) is 5.76 Å². The zero-order valence-electron chi connectivity index (χ0n) is 8.35. The van der Waals surface area contributed by atoms with Gasteiger partial charge in [-0.25, -0.2) is 4.79 Å². The van der Waals surface area contributed by atoms with Crippen LogP contribution in [0, 0.1) is 0 Å². The third-order valence-electron chi connectivity index (χ3n) is 2.10. The first-order valence-electron chi connectivity index (χ1n) is 4.34. The predicted molar refractivity (Wildman–Crippen MR) is 54.2 cm³/mol. The molecule has 0 spiro atoms. The van der Waals surface area contributed by atoms with Gasteiger partial charge in [-0.15, -0.1) is 11.3 Å². The minimum Gasteiger partial charge on any atom is -0.493 e. The molecule has 0 radical (unpaired) electrons. The zero-order valence-corrected chi connectivity index (χ0v) is 9.17. The first-order valence-corrected chi connectivity index (χ1v) is 5.22. The Morgan fingerprint density at radius 3 is 2.73 bits per heavy atom. The molecule has 0 saturated heterocycles. The first-order chi connectivity index (χ1) is 7.27. The van der Waals surface area contributed by atoms with E-state index in [1.165, 1.54) is 25.6 Å². The van der Waals surface area contributed by atoms with Gasteiger partial charge in [0.1, 0.15) is 0 Å². The highest BCUT2D eigenvalue weighted by Crippen LogP contribution is 2.37. The van der Waals surface area contributed by atoms with E-state index in [2.05, 4.69) is 0 Å². The van der Waals surface area contributed by atoms with Gasteiger partial charge in [-0.1, -0.05) is 6.07 Å². The number of thiophene rings is 1. The normalized spacial score (nSPS) is 20.4. The monoisotopic (exact) mass is 226 g/mol. The molecule has 2 rings (SSSR count). The van der Waals surface area contributed by atoms with Crippen molar-refractivity contribution in [2.75, 3.05) is 14.2 Å². The number of rotatable bonds is 3. The molecule has 2 heterocycles. The molecular formula is C10H10O4S. The molecule has 4 nitrogen and oxygen atoms in total. The SMILES string of the molecule is COC1=C(OC)C(c2cccs2)OC1=O. The Balaban J connectivity index is 2.37. The Hall–Kier alpha value is -1.49. The van der Waals surface area contributed by atoms with Crippen molar-refractivity contribution >= 4 is 17.3 Å². The highest BCUT2D eigenvalue weighted by atomic mass is 32.1. The van der Waals surface area contributed by atoms with Crippen molar-refractivity contribution < 1.29 is 19.0 Å². The summed E-state index contributed by atoms with van der Waals surface area (Å²) in [6, 6.07) is 3.78. The smallest absolute Gasteiger partial charge is 0.378 e. The first kappa shape index (κ1) is 10.0. The van der Waals surface area contributed by atoms with Crippen molar-refractivity contribution in [2.24, 2.45) is 0 Å². The Morgan fingerprint density at radius 2 is 2.20 bits per heavy atom. The van der Waals surface area contributed by atoms with Crippen LogP contribution in [0.4, 0.5) is 0 Å². The minimum absolute atomic E-state index is 0.149. The lowest BCUT2D eigenvalue weighted by molar-refractivity contribution is -0.143. The molecule has 0 saturated carbocycles. The van der Waals surface area contributed by atoms with Gasteiger partial charge in [-0.3, -0.25) is 0 Å². The van der Waals surface area contributed by atoms with Crippen molar-refractivity contribution in [3.8, 4) is 0 Å². The van der Waals surface area contributed by atoms with Gasteiger partial charge >= 0.3 is 5.97 Å². The third-order valence-corrected chi connectivity index (χ3v) is 3.01. The second-order valence-electron chi connectivity index (χ2n) is 2.90. The molecule has 0 fully saturated rings. The lowest BCUT2D eigenvalue weighted by Crippen LogP contribution is -2.02. The summed E-state index contributed by atoms with van der Waals surface area (Å²) in [5.74, 6) is 0.105. The number of esters is 1. The maximum Gasteiger partial charge on any atom is 0.378 e. The van der Waals surface area contributed by atoms with E-state index in [1.807, 2.05) is 17.5 Å². The molecule has 1 atom stereocenters. The Bertz CT molecular complexity index is 394. The van der Waals surface area contributed by atoms with E-state index in [9.17, 15) is 4.79 Å². The molecule has 0 bridgehead atoms. The highest BCUT2D eigenvalue weighted by Gasteiger charge is 2.38. The summed E-state index contributed by atoms with van der Waals surface area (Å²) in [6.45, 7) is 0. The summed E-state index contributed by atoms with van der Waals surface area (Å²) >= 11 is 1.51. The summed E-state index contributed by atoms with van der Waals surface area (Å²) in [5, 5.41) is 1.92. The number of carbonyl (C=O) groups excluding carboxylic acids is 1. The van der Waals surface area contributed by atoms with Crippen LogP contribution < -0.4 is 0 Å². The van der Waals surface area contributed by atoms with Crippen LogP contribution in [0.25, 0.3) is 0 Å². The van der Waals surface area contributed by atoms with Crippen LogP contribution in [0.5, 0.6) is 0 Å². The predicted octanol–water partition coefficient (Wildman–Crippen LogP) is 1.85. The van der Waals surface area contributed by atoms with E-state index in [0.29, 0.717) is 5.76 Å². The topological polar surface area (TPSA) is 44.8 Å². The van der Waals surface area contributed by atoms with E-state index in [0.717, 1.165) is 4.88 Å². The van der Waals surface area contributed by atoms with Gasteiger partial charge in [0.05, 0.1) is 19.1 Å². The van der Waals surface area contributed by atoms with E-state index in [4.69, 9.17) is 14.2 Å². The van der Waals surface area contributed by atoms with Crippen molar-refractivity contribution in [3.63, 3.8) is 0 Å². The largest absolute Gasteiger partial charge is 0.493 e. The second kappa shape index (κ2) is 3.94. The van der Waals surface area contributed by atoms with Crippen molar-refractivity contribution in [3.05, 3.63) is 33.9 Å². The molecule has 1 aliphatic heterocycles. The third kappa shape index (κ3) is 1.59. The van der Waals surface area contributed by atoms with Crippen molar-refractivity contribution in [2.45, 2.75) is 6.10 Å². The van der Waals surface area contributed by atoms with Crippen LogP contribution in [0.3, 0.4) is 0 Å². The van der Waals surface area contributed by atoms with Gasteiger partial charge in [-0.05, 0) is 11.4 Å². The zero-order chi connectivity index (χ0) is 10.8. The number of carbonyl (C=O) groups is 1. The van der Waals surface area contributed by atoms with E-state index >= 15 is 0 Å². The summed E-state index contributed by atoms with van der Waals surface area (Å²) in [4.78, 5) is 12.3. The van der Waals surface area contributed by atoms with Crippen LogP contribution in [0.15, 0.2) is 29.0 Å². The summed E-state index contributed by atoms with van der Waals surface area (Å²) < 4.78 is 15.2. The number of methoxy groups -OCH3 is 2. The molecule has 15 heavy (non-hydrogen) atoms. The average Bonchev–Trinajstić information content (AvgIpc) is 2.83. The summed E-state index contributed by atoms with van der Waals surface area (Å²) in [5.41, 5.74) is 0. The summed E-state index contributed by atoms with van der Waals surface area (Å²) in [7, 11) is 2.92. The average molecular weight is 226 g/mol. The maximum atomic E-state index is 11.4. The molecule has 0 amide bonds. The molecule has 0 aliphatic carbocycles. The molecule has 1 aromatic rings. The Labute approximate surface area is 91.1 Å². The molecule has 0 aromatic carbocycles. The summed E-state index contributed by atoms with van der Waals surface area (Å²) in [6.07, 6.45) is -0.461. The number of cyclic esters (lactones) is 1. The van der Waals surface area contributed by atoms with E-state index in [-0.39, 0.29) is 5.76 Å². The minimum atomic E-state index is -0.479. The van der Waals surface area contributed by atoms with Gasteiger partial charge in [0.25, 0.3) is 0 Å². The van der Waals surface area contributed by atoms with Crippen molar-refractivity contribution in [1.29, 1.82) is 0 Å². The number of hydrogen-bond acceptors (Lipinski definition) is 5. The number of ether oxygens (including phenoxy) is 3. The van der Waals surface area contributed by atoms with Gasteiger partial charge < -0.3 is 14.2 Å². The van der Waals surface area contributed by atoms with Crippen LogP contribution in [-0.2, 0) is 19.0 Å². The second-order valence-corrected chi connectivity index (χ2v) is 3.88. The van der Waals surface area contributed by atoms with Crippen LogP contribution >= 0.6 is 11.3 Å². The lowest BCUT2D eigenvalue weighted by Gasteiger charge is -2.09. The molecule has 5 heteroatoms. The van der Waals surface area contributed by atoms with Crippen LogP contribution in [-0.4, -0.2) is 20.2 Å². The molecule has 0 N–H and O–H groups in total. The molecule has 1 unspecified atom stereocenters. The fourth-order valence-electron chi connectivity index (χ4n) is 1.45. The maximum absolute atomic E-state index is 11.4. The lowest BCUT2D eigenvalue weighted by atomic mass is 10.2. The molecule has 80 valence electrons. The molecule has 1 aliphatic rings. The van der Waals surface area contributed by atoms with Gasteiger partial charge in [-0.2, -0.15) is 0 Å². The Kier molecular flexibility index (Phi) is 2.64. The number of hydrogen-bond donors (Lipinski definition) is 0. The highest BCUT2D eigenvalue weighted by molar-refractivity contribution is 7.10. The van der Waals surface area contributed by atoms with Crippen LogP contribution in [0.1, 0.15) is 11.0 Å². The van der Waals surface area contributed by atoms with Crippen molar-refractivity contribution in [1.82, 2.24) is 0 Å². The fourth-order valence-corrected chi connectivity index (χ4v) is 2.20. The standard InChI is InChI=1S/C10H10O4S/c1-12-8-7(6-4-3-5-15-6)14-10(11)9(8)13-2/h3-5,7H,1-2H3. The van der Waals surface area contributed by atoms with E-state index < -0.39 is 12.1 Å². The Morgan fingerprint density at radius 1 is 1.40 bits per heavy atom.